The minimum absolute atomic E-state index is 0.108. The van der Waals surface area contributed by atoms with Gasteiger partial charge in [-0.25, -0.2) is 4.98 Å². The number of rotatable bonds is 7. The number of nitrogens with zero attached hydrogens (tertiary/aromatic N) is 4. The van der Waals surface area contributed by atoms with Crippen LogP contribution in [0.25, 0.3) is 0 Å². The zero-order valence-electron chi connectivity index (χ0n) is 19.9. The van der Waals surface area contributed by atoms with Crippen LogP contribution in [0, 0.1) is 0 Å². The Kier molecular flexibility index (Phi) is 8.12. The van der Waals surface area contributed by atoms with Crippen LogP contribution in [-0.2, 0) is 4.79 Å². The molecule has 0 radical (unpaired) electrons. The molecular weight excluding hydrogens is 503 g/mol. The number of benzene rings is 2. The molecule has 2 heterocycles. The van der Waals surface area contributed by atoms with Crippen molar-refractivity contribution in [1.82, 2.24) is 14.9 Å². The molecule has 2 aromatic carbocycles. The van der Waals surface area contributed by atoms with Gasteiger partial charge in [0.2, 0.25) is 17.7 Å². The van der Waals surface area contributed by atoms with Crippen molar-refractivity contribution in [3.63, 3.8) is 0 Å². The molecule has 36 heavy (non-hydrogen) atoms. The van der Waals surface area contributed by atoms with Crippen LogP contribution in [0.15, 0.2) is 48.7 Å². The molecule has 0 saturated carbocycles. The van der Waals surface area contributed by atoms with Gasteiger partial charge in [0.05, 0.1) is 22.3 Å². The lowest BCUT2D eigenvalue weighted by atomic mass is 10.2. The summed E-state index contributed by atoms with van der Waals surface area (Å²) in [5.74, 6) is 0.0373. The van der Waals surface area contributed by atoms with Crippen LogP contribution >= 0.6 is 23.2 Å². The Hall–Kier alpha value is -3.56. The average molecular weight is 529 g/mol. The third-order valence-electron chi connectivity index (χ3n) is 5.69. The largest absolute Gasteiger partial charge is 0.477 e. The Bertz CT molecular complexity index is 1230. The van der Waals surface area contributed by atoms with E-state index >= 15 is 0 Å². The molecule has 188 valence electrons. The number of para-hydroxylation sites is 1. The maximum Gasteiger partial charge on any atom is 0.262 e. The van der Waals surface area contributed by atoms with Gasteiger partial charge in [0.15, 0.2) is 0 Å². The summed E-state index contributed by atoms with van der Waals surface area (Å²) in [4.78, 5) is 37.2. The maximum atomic E-state index is 12.9. The molecule has 11 heteroatoms. The lowest BCUT2D eigenvalue weighted by Gasteiger charge is -2.35. The fraction of sp³-hybridized carbons (Fsp3) is 0.280. The third-order valence-corrected chi connectivity index (χ3v) is 6.32. The first-order valence-corrected chi connectivity index (χ1v) is 12.2. The van der Waals surface area contributed by atoms with Crippen molar-refractivity contribution < 1.29 is 14.3 Å². The molecule has 2 amide bonds. The van der Waals surface area contributed by atoms with Gasteiger partial charge in [0.1, 0.15) is 5.56 Å². The zero-order valence-corrected chi connectivity index (χ0v) is 21.4. The van der Waals surface area contributed by atoms with Crippen molar-refractivity contribution in [1.29, 1.82) is 0 Å². The van der Waals surface area contributed by atoms with Crippen molar-refractivity contribution in [2.45, 2.75) is 13.8 Å². The highest BCUT2D eigenvalue weighted by atomic mass is 35.5. The SMILES string of the molecule is CCOc1nc(Nc2ccc(N3CCN(C(C)=O)CC3)cc2)ncc1C(=O)Nc1c(Cl)cccc1Cl. The molecule has 4 rings (SSSR count). The maximum absolute atomic E-state index is 12.9. The summed E-state index contributed by atoms with van der Waals surface area (Å²) in [5, 5.41) is 6.47. The topological polar surface area (TPSA) is 99.7 Å². The van der Waals surface area contributed by atoms with Crippen LogP contribution in [0.4, 0.5) is 23.0 Å². The third kappa shape index (κ3) is 5.98. The zero-order chi connectivity index (χ0) is 25.7. The monoisotopic (exact) mass is 528 g/mol. The number of ether oxygens (including phenoxy) is 1. The highest BCUT2D eigenvalue weighted by molar-refractivity contribution is 6.40. The Morgan fingerprint density at radius 1 is 1.03 bits per heavy atom. The van der Waals surface area contributed by atoms with Crippen LogP contribution < -0.4 is 20.3 Å². The summed E-state index contributed by atoms with van der Waals surface area (Å²) in [6.45, 7) is 6.72. The number of anilines is 4. The number of carbonyl (C=O) groups excluding carboxylic acids is 2. The highest BCUT2D eigenvalue weighted by Crippen LogP contribution is 2.31. The predicted molar refractivity (Wildman–Crippen MR) is 142 cm³/mol. The van der Waals surface area contributed by atoms with Gasteiger partial charge in [0, 0.05) is 50.7 Å². The highest BCUT2D eigenvalue weighted by Gasteiger charge is 2.20. The Labute approximate surface area is 219 Å². The average Bonchev–Trinajstić information content (AvgIpc) is 2.87. The van der Waals surface area contributed by atoms with Gasteiger partial charge >= 0.3 is 0 Å². The van der Waals surface area contributed by atoms with E-state index in [4.69, 9.17) is 27.9 Å². The Balaban J connectivity index is 1.45. The first-order chi connectivity index (χ1) is 17.4. The Morgan fingerprint density at radius 3 is 2.31 bits per heavy atom. The molecular formula is C25H26Cl2N6O3. The summed E-state index contributed by atoms with van der Waals surface area (Å²) < 4.78 is 5.61. The Morgan fingerprint density at radius 2 is 1.69 bits per heavy atom. The van der Waals surface area contributed by atoms with Gasteiger partial charge in [-0.2, -0.15) is 4.98 Å². The van der Waals surface area contributed by atoms with E-state index in [1.807, 2.05) is 29.2 Å². The minimum Gasteiger partial charge on any atom is -0.477 e. The van der Waals surface area contributed by atoms with E-state index in [9.17, 15) is 9.59 Å². The van der Waals surface area contributed by atoms with Crippen molar-refractivity contribution in [3.05, 3.63) is 64.3 Å². The molecule has 0 unspecified atom stereocenters. The fourth-order valence-corrected chi connectivity index (χ4v) is 4.28. The standard InChI is InChI=1S/C25H26Cl2N6O3/c1-3-36-24-19(23(35)30-22-20(26)5-4-6-21(22)27)15-28-25(31-24)29-17-7-9-18(10-8-17)33-13-11-32(12-14-33)16(2)34/h4-10,15H,3,11-14H2,1-2H3,(H,30,35)(H,28,29,31). The van der Waals surface area contributed by atoms with Crippen LogP contribution in [0.5, 0.6) is 5.88 Å². The van der Waals surface area contributed by atoms with Crippen LogP contribution in [0.1, 0.15) is 24.2 Å². The number of hydrogen-bond acceptors (Lipinski definition) is 7. The molecule has 0 aliphatic carbocycles. The number of aromatic nitrogens is 2. The van der Waals surface area contributed by atoms with E-state index in [1.54, 1.807) is 32.0 Å². The lowest BCUT2D eigenvalue weighted by molar-refractivity contribution is -0.129. The van der Waals surface area contributed by atoms with Crippen molar-refractivity contribution in [2.24, 2.45) is 0 Å². The molecule has 1 fully saturated rings. The predicted octanol–water partition coefficient (Wildman–Crippen LogP) is 4.85. The first kappa shape index (κ1) is 25.5. The second kappa shape index (κ2) is 11.5. The number of piperazine rings is 1. The normalized spacial score (nSPS) is 13.3. The number of carbonyl (C=O) groups is 2. The summed E-state index contributed by atoms with van der Waals surface area (Å²) in [5.41, 5.74) is 2.31. The van der Waals surface area contributed by atoms with E-state index in [-0.39, 0.29) is 23.3 Å². The molecule has 0 atom stereocenters. The van der Waals surface area contributed by atoms with E-state index in [0.29, 0.717) is 35.4 Å². The molecule has 3 aromatic rings. The van der Waals surface area contributed by atoms with Crippen LogP contribution in [-0.4, -0.2) is 59.5 Å². The second-order valence-corrected chi connectivity index (χ2v) is 8.88. The molecule has 0 spiro atoms. The quantitative estimate of drug-likeness (QED) is 0.452. The molecule has 1 aromatic heterocycles. The van der Waals surface area contributed by atoms with Crippen molar-refractivity contribution >= 4 is 58.0 Å². The molecule has 2 N–H and O–H groups in total. The van der Waals surface area contributed by atoms with E-state index < -0.39 is 5.91 Å². The summed E-state index contributed by atoms with van der Waals surface area (Å²) in [6, 6.07) is 12.8. The molecule has 1 aliphatic heterocycles. The van der Waals surface area contributed by atoms with Crippen LogP contribution in [0.2, 0.25) is 10.0 Å². The number of amides is 2. The van der Waals surface area contributed by atoms with Gasteiger partial charge in [-0.3, -0.25) is 9.59 Å². The minimum atomic E-state index is -0.491. The van der Waals surface area contributed by atoms with Gasteiger partial charge in [0.25, 0.3) is 5.91 Å². The molecule has 1 saturated heterocycles. The number of hydrogen-bond donors (Lipinski definition) is 2. The van der Waals surface area contributed by atoms with Gasteiger partial charge in [-0.05, 0) is 43.3 Å². The molecule has 1 aliphatic rings. The van der Waals surface area contributed by atoms with E-state index in [0.717, 1.165) is 24.5 Å². The molecule has 0 bridgehead atoms. The van der Waals surface area contributed by atoms with Crippen molar-refractivity contribution in [3.8, 4) is 5.88 Å². The van der Waals surface area contributed by atoms with Crippen molar-refractivity contribution in [2.75, 3.05) is 48.3 Å². The van der Waals surface area contributed by atoms with E-state index in [2.05, 4.69) is 25.5 Å². The van der Waals surface area contributed by atoms with Gasteiger partial charge in [-0.15, -0.1) is 0 Å². The smallest absolute Gasteiger partial charge is 0.262 e. The number of halogens is 2. The van der Waals surface area contributed by atoms with E-state index in [1.165, 1.54) is 6.20 Å². The summed E-state index contributed by atoms with van der Waals surface area (Å²) in [6.07, 6.45) is 1.39. The van der Waals surface area contributed by atoms with Crippen LogP contribution in [0.3, 0.4) is 0 Å². The summed E-state index contributed by atoms with van der Waals surface area (Å²) in [7, 11) is 0. The van der Waals surface area contributed by atoms with Gasteiger partial charge < -0.3 is 25.2 Å². The first-order valence-electron chi connectivity index (χ1n) is 11.5. The lowest BCUT2D eigenvalue weighted by Crippen LogP contribution is -2.48. The number of nitrogens with one attached hydrogen (secondary N) is 2. The second-order valence-electron chi connectivity index (χ2n) is 8.06. The van der Waals surface area contributed by atoms with Gasteiger partial charge in [-0.1, -0.05) is 29.3 Å². The fourth-order valence-electron chi connectivity index (χ4n) is 3.79. The summed E-state index contributed by atoms with van der Waals surface area (Å²) >= 11 is 12.3. The molecule has 9 nitrogen and oxygen atoms in total.